The summed E-state index contributed by atoms with van der Waals surface area (Å²) in [6, 6.07) is 12.0. The van der Waals surface area contributed by atoms with Gasteiger partial charge in [-0.05, 0) is 50.2 Å². The Bertz CT molecular complexity index is 956. The number of hydrogen-bond donors (Lipinski definition) is 1. The van der Waals surface area contributed by atoms with Gasteiger partial charge in [0.05, 0.1) is 11.9 Å². The van der Waals surface area contributed by atoms with Gasteiger partial charge in [0, 0.05) is 43.3 Å². The van der Waals surface area contributed by atoms with Crippen LogP contribution < -0.4 is 4.90 Å². The molecule has 0 bridgehead atoms. The number of rotatable bonds is 4. The molecule has 3 heterocycles. The van der Waals surface area contributed by atoms with E-state index in [1.807, 2.05) is 12.1 Å². The second kappa shape index (κ2) is 7.00. The number of aromatic nitrogens is 3. The second-order valence-electron chi connectivity index (χ2n) is 7.10. The number of carboxylic acids is 1. The molecule has 1 aromatic carbocycles. The molecule has 4 rings (SSSR count). The van der Waals surface area contributed by atoms with E-state index in [1.165, 1.54) is 11.8 Å². The fourth-order valence-electron chi connectivity index (χ4n) is 3.51. The highest BCUT2D eigenvalue weighted by atomic mass is 16.4. The number of hydrogen-bond acceptors (Lipinski definition) is 5. The zero-order valence-electron chi connectivity index (χ0n) is 15.5. The highest BCUT2D eigenvalue weighted by Gasteiger charge is 2.19. The van der Waals surface area contributed by atoms with Crippen molar-refractivity contribution in [1.82, 2.24) is 19.7 Å². The van der Waals surface area contributed by atoms with Crippen LogP contribution in [0.15, 0.2) is 42.6 Å². The maximum absolute atomic E-state index is 11.2. The van der Waals surface area contributed by atoms with Crippen LogP contribution >= 0.6 is 0 Å². The maximum Gasteiger partial charge on any atom is 0.354 e. The Hall–Kier alpha value is -2.93. The molecule has 27 heavy (non-hydrogen) atoms. The summed E-state index contributed by atoms with van der Waals surface area (Å²) in [7, 11) is 0. The van der Waals surface area contributed by atoms with Gasteiger partial charge in [0.2, 0.25) is 0 Å². The summed E-state index contributed by atoms with van der Waals surface area (Å²) < 4.78 is 1.68. The van der Waals surface area contributed by atoms with Crippen LogP contribution in [0.25, 0.3) is 16.7 Å². The van der Waals surface area contributed by atoms with Gasteiger partial charge >= 0.3 is 5.97 Å². The molecule has 0 atom stereocenters. The van der Waals surface area contributed by atoms with Crippen LogP contribution in [0.4, 0.5) is 5.69 Å². The van der Waals surface area contributed by atoms with Gasteiger partial charge in [-0.1, -0.05) is 0 Å². The molecule has 2 aromatic heterocycles. The minimum Gasteiger partial charge on any atom is -0.477 e. The van der Waals surface area contributed by atoms with Crippen LogP contribution in [-0.4, -0.2) is 63.0 Å². The monoisotopic (exact) mass is 365 g/mol. The van der Waals surface area contributed by atoms with Gasteiger partial charge in [-0.25, -0.2) is 14.5 Å². The summed E-state index contributed by atoms with van der Waals surface area (Å²) >= 11 is 0. The molecule has 0 radical (unpaired) electrons. The lowest BCUT2D eigenvalue weighted by atomic mass is 10.2. The van der Waals surface area contributed by atoms with Crippen LogP contribution in [-0.2, 0) is 0 Å². The number of carbonyl (C=O) groups is 1. The molecule has 1 saturated heterocycles. The molecule has 0 unspecified atom stereocenters. The fraction of sp³-hybridized carbons (Fsp3) is 0.350. The van der Waals surface area contributed by atoms with Crippen LogP contribution in [0.1, 0.15) is 24.3 Å². The van der Waals surface area contributed by atoms with Gasteiger partial charge in [0.25, 0.3) is 0 Å². The van der Waals surface area contributed by atoms with E-state index < -0.39 is 5.97 Å². The number of benzene rings is 1. The number of aromatic carboxylic acids is 1. The molecule has 7 heteroatoms. The van der Waals surface area contributed by atoms with Crippen LogP contribution in [0, 0.1) is 0 Å². The maximum atomic E-state index is 11.2. The van der Waals surface area contributed by atoms with Gasteiger partial charge < -0.3 is 10.0 Å². The fourth-order valence-corrected chi connectivity index (χ4v) is 3.51. The number of pyridine rings is 1. The Morgan fingerprint density at radius 1 is 1.00 bits per heavy atom. The zero-order valence-corrected chi connectivity index (χ0v) is 15.5. The molecule has 3 aromatic rings. The molecule has 0 spiro atoms. The summed E-state index contributed by atoms with van der Waals surface area (Å²) in [5.74, 6) is -1.04. The van der Waals surface area contributed by atoms with E-state index in [4.69, 9.17) is 0 Å². The van der Waals surface area contributed by atoms with Gasteiger partial charge in [-0.15, -0.1) is 0 Å². The minimum atomic E-state index is -1.04. The van der Waals surface area contributed by atoms with Crippen LogP contribution in [0.3, 0.4) is 0 Å². The Labute approximate surface area is 157 Å². The zero-order chi connectivity index (χ0) is 19.0. The molecule has 0 aliphatic carbocycles. The van der Waals surface area contributed by atoms with Crippen LogP contribution in [0.2, 0.25) is 0 Å². The lowest BCUT2D eigenvalue weighted by molar-refractivity contribution is 0.0691. The lowest BCUT2D eigenvalue weighted by Gasteiger charge is -2.38. The minimum absolute atomic E-state index is 0.0175. The molecule has 1 aliphatic rings. The predicted molar refractivity (Wildman–Crippen MR) is 105 cm³/mol. The summed E-state index contributed by atoms with van der Waals surface area (Å²) in [6.07, 6.45) is 1.70. The van der Waals surface area contributed by atoms with Gasteiger partial charge in [-0.3, -0.25) is 4.90 Å². The first-order chi connectivity index (χ1) is 13.0. The first-order valence-corrected chi connectivity index (χ1v) is 9.20. The molecule has 1 fully saturated rings. The van der Waals surface area contributed by atoms with Crippen molar-refractivity contribution in [3.8, 4) is 5.69 Å². The van der Waals surface area contributed by atoms with E-state index in [9.17, 15) is 9.90 Å². The van der Waals surface area contributed by atoms with E-state index in [0.29, 0.717) is 11.7 Å². The van der Waals surface area contributed by atoms with E-state index in [0.717, 1.165) is 37.3 Å². The van der Waals surface area contributed by atoms with Crippen LogP contribution in [0.5, 0.6) is 0 Å². The van der Waals surface area contributed by atoms with Crippen molar-refractivity contribution in [1.29, 1.82) is 0 Å². The van der Waals surface area contributed by atoms with E-state index in [-0.39, 0.29) is 5.69 Å². The normalized spacial score (nSPS) is 15.6. The third kappa shape index (κ3) is 3.38. The second-order valence-corrected chi connectivity index (χ2v) is 7.10. The third-order valence-electron chi connectivity index (χ3n) is 5.14. The Kier molecular flexibility index (Phi) is 4.53. The number of carboxylic acid groups (broad SMARTS) is 1. The molecule has 7 nitrogen and oxygen atoms in total. The average molecular weight is 365 g/mol. The van der Waals surface area contributed by atoms with E-state index >= 15 is 0 Å². The Morgan fingerprint density at radius 2 is 1.67 bits per heavy atom. The number of nitrogens with zero attached hydrogens (tertiary/aromatic N) is 5. The smallest absolute Gasteiger partial charge is 0.354 e. The molecule has 1 aliphatic heterocycles. The topological polar surface area (TPSA) is 74.5 Å². The van der Waals surface area contributed by atoms with Gasteiger partial charge in [-0.2, -0.15) is 5.10 Å². The molecule has 1 N–H and O–H groups in total. The molecule has 0 saturated carbocycles. The third-order valence-corrected chi connectivity index (χ3v) is 5.14. The molecule has 0 amide bonds. The standard InChI is InChI=1S/C20H23N5O2/c1-14(2)23-9-11-24(12-10-23)16-4-6-17(7-5-16)25-19-15(13-21-25)3-8-18(22-19)20(26)27/h3-8,13-14H,9-12H2,1-2H3,(H,26,27). The van der Waals surface area contributed by atoms with Crippen molar-refractivity contribution in [2.45, 2.75) is 19.9 Å². The molecule has 140 valence electrons. The average Bonchev–Trinajstić information content (AvgIpc) is 3.11. The predicted octanol–water partition coefficient (Wildman–Crippen LogP) is 2.65. The summed E-state index contributed by atoms with van der Waals surface area (Å²) in [6.45, 7) is 8.67. The van der Waals surface area contributed by atoms with Crippen molar-refractivity contribution < 1.29 is 9.90 Å². The largest absolute Gasteiger partial charge is 0.477 e. The van der Waals surface area contributed by atoms with Crippen molar-refractivity contribution in [3.05, 3.63) is 48.3 Å². The molecular weight excluding hydrogens is 342 g/mol. The van der Waals surface area contributed by atoms with E-state index in [1.54, 1.807) is 16.9 Å². The SMILES string of the molecule is CC(C)N1CCN(c2ccc(-n3ncc4ccc(C(=O)O)nc43)cc2)CC1. The lowest BCUT2D eigenvalue weighted by Crippen LogP contribution is -2.48. The number of fused-ring (bicyclic) bond motifs is 1. The van der Waals surface area contributed by atoms with Crippen molar-refractivity contribution in [2.24, 2.45) is 0 Å². The number of piperazine rings is 1. The first kappa shape index (κ1) is 17.5. The summed E-state index contributed by atoms with van der Waals surface area (Å²) in [5, 5.41) is 14.4. The number of anilines is 1. The Balaban J connectivity index is 1.57. The highest BCUT2D eigenvalue weighted by Crippen LogP contribution is 2.22. The quantitative estimate of drug-likeness (QED) is 0.766. The highest BCUT2D eigenvalue weighted by molar-refractivity contribution is 5.89. The summed E-state index contributed by atoms with van der Waals surface area (Å²) in [5.41, 5.74) is 2.62. The van der Waals surface area contributed by atoms with E-state index in [2.05, 4.69) is 45.9 Å². The molecular formula is C20H23N5O2. The summed E-state index contributed by atoms with van der Waals surface area (Å²) in [4.78, 5) is 20.3. The Morgan fingerprint density at radius 3 is 2.30 bits per heavy atom. The van der Waals surface area contributed by atoms with Crippen molar-refractivity contribution in [2.75, 3.05) is 31.1 Å². The van der Waals surface area contributed by atoms with Gasteiger partial charge in [0.1, 0.15) is 0 Å². The first-order valence-electron chi connectivity index (χ1n) is 9.20. The van der Waals surface area contributed by atoms with Gasteiger partial charge in [0.15, 0.2) is 11.3 Å². The van der Waals surface area contributed by atoms with Crippen molar-refractivity contribution in [3.63, 3.8) is 0 Å². The van der Waals surface area contributed by atoms with Crippen molar-refractivity contribution >= 4 is 22.7 Å².